The van der Waals surface area contributed by atoms with Gasteiger partial charge in [0, 0.05) is 16.6 Å². The monoisotopic (exact) mass is 325 g/mol. The Morgan fingerprint density at radius 1 is 1.04 bits per heavy atom. The molecular weight excluding hydrogens is 302 g/mol. The minimum absolute atomic E-state index is 0.0239. The Balaban J connectivity index is 1.93. The molecule has 126 valence electrons. The van der Waals surface area contributed by atoms with E-state index in [2.05, 4.69) is 11.9 Å². The maximum atomic E-state index is 9.36. The molecular formula is C20H23NO3. The number of aromatic amines is 1. The van der Waals surface area contributed by atoms with Crippen molar-refractivity contribution in [1.29, 1.82) is 0 Å². The molecule has 0 bridgehead atoms. The number of hydrogen-bond donors (Lipinski definition) is 2. The molecule has 0 radical (unpaired) electrons. The number of benzene rings is 2. The lowest BCUT2D eigenvalue weighted by Crippen LogP contribution is -1.98. The maximum absolute atomic E-state index is 9.36. The summed E-state index contributed by atoms with van der Waals surface area (Å²) in [5.41, 5.74) is 2.82. The van der Waals surface area contributed by atoms with E-state index in [0.29, 0.717) is 12.4 Å². The molecule has 0 saturated heterocycles. The number of aromatic nitrogens is 1. The molecule has 0 aliphatic carbocycles. The van der Waals surface area contributed by atoms with Crippen LogP contribution in [0, 0.1) is 6.92 Å². The predicted molar refractivity (Wildman–Crippen MR) is 95.9 cm³/mol. The first-order valence-electron chi connectivity index (χ1n) is 8.34. The maximum Gasteiger partial charge on any atom is 0.169 e. The van der Waals surface area contributed by atoms with Crippen molar-refractivity contribution in [3.8, 4) is 17.2 Å². The van der Waals surface area contributed by atoms with E-state index in [1.54, 1.807) is 0 Å². The summed E-state index contributed by atoms with van der Waals surface area (Å²) >= 11 is 0. The van der Waals surface area contributed by atoms with Gasteiger partial charge in [-0.25, -0.2) is 0 Å². The Labute approximate surface area is 142 Å². The fourth-order valence-electron chi connectivity index (χ4n) is 2.67. The minimum Gasteiger partial charge on any atom is -0.490 e. The van der Waals surface area contributed by atoms with E-state index in [-0.39, 0.29) is 6.61 Å². The summed E-state index contributed by atoms with van der Waals surface area (Å²) < 4.78 is 12.0. The van der Waals surface area contributed by atoms with Crippen molar-refractivity contribution in [2.75, 3.05) is 6.61 Å². The molecule has 0 aliphatic heterocycles. The van der Waals surface area contributed by atoms with Crippen molar-refractivity contribution in [3.05, 3.63) is 53.7 Å². The van der Waals surface area contributed by atoms with Crippen molar-refractivity contribution >= 4 is 10.9 Å². The highest BCUT2D eigenvalue weighted by atomic mass is 16.5. The molecule has 2 N–H and O–H groups in total. The summed E-state index contributed by atoms with van der Waals surface area (Å²) in [5.74, 6) is 2.21. The zero-order valence-corrected chi connectivity index (χ0v) is 14.1. The van der Waals surface area contributed by atoms with Gasteiger partial charge in [-0.05, 0) is 49.2 Å². The van der Waals surface area contributed by atoms with Crippen molar-refractivity contribution in [2.45, 2.75) is 33.3 Å². The Morgan fingerprint density at radius 3 is 2.58 bits per heavy atom. The van der Waals surface area contributed by atoms with Gasteiger partial charge in [0.05, 0.1) is 13.2 Å². The Bertz CT molecular complexity index is 823. The van der Waals surface area contributed by atoms with Gasteiger partial charge in [0.2, 0.25) is 0 Å². The third-order valence-corrected chi connectivity index (χ3v) is 3.90. The van der Waals surface area contributed by atoms with Crippen LogP contribution < -0.4 is 9.47 Å². The van der Waals surface area contributed by atoms with E-state index in [4.69, 9.17) is 9.47 Å². The van der Waals surface area contributed by atoms with Crippen LogP contribution in [-0.4, -0.2) is 16.7 Å². The first-order valence-corrected chi connectivity index (χ1v) is 8.34. The van der Waals surface area contributed by atoms with Crippen LogP contribution in [0.2, 0.25) is 0 Å². The van der Waals surface area contributed by atoms with E-state index < -0.39 is 0 Å². The molecule has 0 unspecified atom stereocenters. The summed E-state index contributed by atoms with van der Waals surface area (Å²) in [6.45, 7) is 4.82. The highest BCUT2D eigenvalue weighted by Crippen LogP contribution is 2.36. The quantitative estimate of drug-likeness (QED) is 0.605. The van der Waals surface area contributed by atoms with Gasteiger partial charge in [0.15, 0.2) is 11.5 Å². The normalized spacial score (nSPS) is 11.0. The lowest BCUT2D eigenvalue weighted by atomic mass is 10.1. The molecule has 3 aromatic rings. The lowest BCUT2D eigenvalue weighted by molar-refractivity contribution is 0.278. The molecule has 4 nitrogen and oxygen atoms in total. The fourth-order valence-corrected chi connectivity index (χ4v) is 2.67. The molecule has 3 rings (SSSR count). The zero-order chi connectivity index (χ0) is 16.9. The average molecular weight is 325 g/mol. The lowest BCUT2D eigenvalue weighted by Gasteiger charge is -2.13. The summed E-state index contributed by atoms with van der Waals surface area (Å²) in [5, 5.41) is 10.3. The molecule has 0 saturated carbocycles. The van der Waals surface area contributed by atoms with Crippen molar-refractivity contribution in [1.82, 2.24) is 4.98 Å². The highest BCUT2D eigenvalue weighted by Gasteiger charge is 2.11. The van der Waals surface area contributed by atoms with Crippen LogP contribution in [0.5, 0.6) is 17.2 Å². The molecule has 0 spiro atoms. The molecule has 4 heteroatoms. The van der Waals surface area contributed by atoms with E-state index in [9.17, 15) is 5.11 Å². The van der Waals surface area contributed by atoms with Crippen LogP contribution in [0.25, 0.3) is 10.9 Å². The number of fused-ring (bicyclic) bond motifs is 1. The van der Waals surface area contributed by atoms with Crippen LogP contribution in [0.1, 0.15) is 31.0 Å². The number of aryl methyl sites for hydroxylation is 1. The summed E-state index contributed by atoms with van der Waals surface area (Å²) in [6, 6.07) is 13.7. The Morgan fingerprint density at radius 2 is 1.83 bits per heavy atom. The second kappa shape index (κ2) is 7.41. The van der Waals surface area contributed by atoms with Gasteiger partial charge in [0.1, 0.15) is 5.75 Å². The number of H-pyrrole nitrogens is 1. The van der Waals surface area contributed by atoms with Crippen molar-refractivity contribution in [2.24, 2.45) is 0 Å². The van der Waals surface area contributed by atoms with E-state index in [1.807, 2.05) is 49.4 Å². The van der Waals surface area contributed by atoms with Crippen LogP contribution in [0.3, 0.4) is 0 Å². The number of para-hydroxylation sites is 2. The van der Waals surface area contributed by atoms with Crippen LogP contribution in [0.4, 0.5) is 0 Å². The number of aliphatic hydroxyl groups is 1. The predicted octanol–water partition coefficient (Wildman–Crippen LogP) is 4.94. The summed E-state index contributed by atoms with van der Waals surface area (Å²) in [6.07, 6.45) is 2.11. The van der Waals surface area contributed by atoms with Crippen LogP contribution >= 0.6 is 0 Å². The van der Waals surface area contributed by atoms with E-state index >= 15 is 0 Å². The fraction of sp³-hybridized carbons (Fsp3) is 0.300. The number of unbranched alkanes of at least 4 members (excludes halogenated alkanes) is 1. The number of aliphatic hydroxyl groups excluding tert-OH is 1. The van der Waals surface area contributed by atoms with E-state index in [1.165, 1.54) is 0 Å². The second-order valence-corrected chi connectivity index (χ2v) is 5.93. The molecule has 0 aliphatic rings. The number of hydrogen-bond acceptors (Lipinski definition) is 3. The largest absolute Gasteiger partial charge is 0.490 e. The van der Waals surface area contributed by atoms with Crippen molar-refractivity contribution in [3.63, 3.8) is 0 Å². The van der Waals surface area contributed by atoms with Gasteiger partial charge >= 0.3 is 0 Å². The first-order chi connectivity index (χ1) is 11.7. The molecule has 1 heterocycles. The van der Waals surface area contributed by atoms with Crippen LogP contribution in [-0.2, 0) is 6.61 Å². The van der Waals surface area contributed by atoms with Gasteiger partial charge in [-0.2, -0.15) is 0 Å². The molecule has 24 heavy (non-hydrogen) atoms. The first kappa shape index (κ1) is 16.4. The number of nitrogens with one attached hydrogen (secondary N) is 1. The zero-order valence-electron chi connectivity index (χ0n) is 14.1. The highest BCUT2D eigenvalue weighted by molar-refractivity contribution is 5.87. The third kappa shape index (κ3) is 3.54. The topological polar surface area (TPSA) is 54.5 Å². The standard InChI is InChI=1S/C20H23NO3/c1-3-4-9-23-18-7-5-6-8-19(18)24-20-11-14(2)10-17-16(20)12-15(13-22)21-17/h5-8,10-12,21-22H,3-4,9,13H2,1-2H3. The SMILES string of the molecule is CCCCOc1ccccc1Oc1cc(C)cc2[nH]c(CO)cc12. The molecule has 1 aromatic heterocycles. The minimum atomic E-state index is -0.0239. The smallest absolute Gasteiger partial charge is 0.169 e. The van der Waals surface area contributed by atoms with E-state index in [0.717, 1.165) is 46.5 Å². The third-order valence-electron chi connectivity index (χ3n) is 3.90. The number of rotatable bonds is 7. The summed E-state index contributed by atoms with van der Waals surface area (Å²) in [4.78, 5) is 3.21. The second-order valence-electron chi connectivity index (χ2n) is 5.93. The van der Waals surface area contributed by atoms with Crippen LogP contribution in [0.15, 0.2) is 42.5 Å². The summed E-state index contributed by atoms with van der Waals surface area (Å²) in [7, 11) is 0. The van der Waals surface area contributed by atoms with Crippen molar-refractivity contribution < 1.29 is 14.6 Å². The molecule has 0 fully saturated rings. The van der Waals surface area contributed by atoms with Gasteiger partial charge in [-0.15, -0.1) is 0 Å². The Kier molecular flexibility index (Phi) is 5.06. The van der Waals surface area contributed by atoms with Gasteiger partial charge in [0.25, 0.3) is 0 Å². The molecule has 0 atom stereocenters. The molecule has 0 amide bonds. The average Bonchev–Trinajstić information content (AvgIpc) is 3.00. The number of ether oxygens (including phenoxy) is 2. The molecule has 2 aromatic carbocycles. The van der Waals surface area contributed by atoms with Gasteiger partial charge in [-0.1, -0.05) is 25.5 Å². The van der Waals surface area contributed by atoms with Gasteiger partial charge in [-0.3, -0.25) is 0 Å². The van der Waals surface area contributed by atoms with Gasteiger partial charge < -0.3 is 19.6 Å². The Hall–Kier alpha value is -2.46.